The maximum atomic E-state index is 2.91. The van der Waals surface area contributed by atoms with Gasteiger partial charge in [0.25, 0.3) is 6.71 Å². The third-order valence-corrected chi connectivity index (χ3v) is 15.9. The van der Waals surface area contributed by atoms with E-state index in [1.807, 2.05) is 0 Å². The van der Waals surface area contributed by atoms with Crippen molar-refractivity contribution in [2.45, 2.75) is 122 Å². The quantitative estimate of drug-likeness (QED) is 0.174. The number of anilines is 7. The maximum absolute atomic E-state index is 2.91. The first kappa shape index (κ1) is 32.0. The van der Waals surface area contributed by atoms with Crippen molar-refractivity contribution in [2.75, 3.05) is 14.7 Å². The summed E-state index contributed by atoms with van der Waals surface area (Å²) in [5.41, 5.74) is 21.4. The third-order valence-electron chi connectivity index (χ3n) is 15.9. The fraction of sp³-hybridized carbons (Fsp3) is 0.388. The largest absolute Gasteiger partial charge is 0.335 e. The average Bonchev–Trinajstić information content (AvgIpc) is 3.49. The van der Waals surface area contributed by atoms with E-state index in [-0.39, 0.29) is 28.6 Å². The van der Waals surface area contributed by atoms with E-state index < -0.39 is 0 Å². The summed E-state index contributed by atoms with van der Waals surface area (Å²) >= 11 is 0. The Morgan fingerprint density at radius 1 is 0.509 bits per heavy atom. The van der Waals surface area contributed by atoms with Gasteiger partial charge in [-0.1, -0.05) is 111 Å². The fourth-order valence-electron chi connectivity index (χ4n) is 12.7. The van der Waals surface area contributed by atoms with Gasteiger partial charge in [-0.2, -0.15) is 0 Å². The van der Waals surface area contributed by atoms with E-state index >= 15 is 0 Å². The number of hydrogen-bond acceptors (Lipinski definition) is 3. The van der Waals surface area contributed by atoms with Crippen LogP contribution in [0.5, 0.6) is 0 Å². The third kappa shape index (κ3) is 3.78. The molecule has 0 spiro atoms. The van der Waals surface area contributed by atoms with Gasteiger partial charge in [-0.15, -0.1) is 0 Å². The molecule has 6 aliphatic rings. The minimum atomic E-state index is -0.0115. The topological polar surface area (TPSA) is 9.72 Å². The van der Waals surface area contributed by atoms with Gasteiger partial charge in [0.2, 0.25) is 0 Å². The standard InChI is InChI=1S/C49H52BN3/c1-31-15-19-34(20-16-31)51(35-21-17-32(2)18-22-35)36-29-41-43-42(30-36)53-45-38(47(5)24-9-11-26-49(47,53)7)27-33(3)28-40(45)50(43)39-14-12-13-37-44(39)52(41)48(6)25-10-8-23-46(37,48)4/h12-22,27-30H,8-11,23-26H2,1-7H3. The van der Waals surface area contributed by atoms with Gasteiger partial charge in [0.05, 0.1) is 16.8 Å². The van der Waals surface area contributed by atoms with Crippen LogP contribution in [0.3, 0.4) is 0 Å². The molecule has 4 aliphatic heterocycles. The number of nitrogens with zero attached hydrogens (tertiary/aromatic N) is 3. The summed E-state index contributed by atoms with van der Waals surface area (Å²) in [5.74, 6) is 0. The number of para-hydroxylation sites is 1. The minimum absolute atomic E-state index is 0.00803. The molecule has 4 heterocycles. The summed E-state index contributed by atoms with van der Waals surface area (Å²) in [6.45, 7) is 17.4. The number of rotatable bonds is 3. The molecule has 0 bridgehead atoms. The molecular weight excluding hydrogens is 641 g/mol. The van der Waals surface area contributed by atoms with Gasteiger partial charge in [-0.25, -0.2) is 0 Å². The van der Waals surface area contributed by atoms with E-state index in [4.69, 9.17) is 0 Å². The highest BCUT2D eigenvalue weighted by atomic mass is 15.3. The molecule has 0 amide bonds. The normalized spacial score (nSPS) is 28.2. The predicted octanol–water partition coefficient (Wildman–Crippen LogP) is 10.7. The second-order valence-electron chi connectivity index (χ2n) is 18.6. The van der Waals surface area contributed by atoms with Crippen molar-refractivity contribution >= 4 is 62.9 Å². The van der Waals surface area contributed by atoms with Crippen LogP contribution < -0.4 is 31.1 Å². The van der Waals surface area contributed by atoms with Crippen molar-refractivity contribution in [1.82, 2.24) is 0 Å². The van der Waals surface area contributed by atoms with Gasteiger partial charge in [0.15, 0.2) is 0 Å². The van der Waals surface area contributed by atoms with E-state index in [1.165, 1.54) is 124 Å². The monoisotopic (exact) mass is 693 g/mol. The Hall–Kier alpha value is -4.44. The lowest BCUT2D eigenvalue weighted by molar-refractivity contribution is 0.194. The van der Waals surface area contributed by atoms with Crippen LogP contribution in [-0.2, 0) is 10.8 Å². The zero-order valence-corrected chi connectivity index (χ0v) is 32.7. The average molecular weight is 694 g/mol. The van der Waals surface area contributed by atoms with Crippen LogP contribution in [0.4, 0.5) is 39.8 Å². The van der Waals surface area contributed by atoms with E-state index in [0.29, 0.717) is 0 Å². The lowest BCUT2D eigenvalue weighted by Crippen LogP contribution is -2.66. The summed E-state index contributed by atoms with van der Waals surface area (Å²) < 4.78 is 0. The highest BCUT2D eigenvalue weighted by Crippen LogP contribution is 2.65. The van der Waals surface area contributed by atoms with Crippen LogP contribution in [0.25, 0.3) is 0 Å². The van der Waals surface area contributed by atoms with Crippen molar-refractivity contribution in [2.24, 2.45) is 0 Å². The Morgan fingerprint density at radius 2 is 1.02 bits per heavy atom. The van der Waals surface area contributed by atoms with Gasteiger partial charge in [-0.05, 0) is 124 Å². The molecule has 0 N–H and O–H groups in total. The van der Waals surface area contributed by atoms with Crippen LogP contribution in [0.15, 0.2) is 91.0 Å². The van der Waals surface area contributed by atoms with Crippen molar-refractivity contribution in [3.63, 3.8) is 0 Å². The first-order chi connectivity index (χ1) is 25.5. The number of benzene rings is 5. The number of hydrogen-bond donors (Lipinski definition) is 0. The Bertz CT molecular complexity index is 2320. The van der Waals surface area contributed by atoms with Crippen LogP contribution in [0.2, 0.25) is 0 Å². The SMILES string of the molecule is Cc1ccc(N(c2ccc(C)cc2)c2cc3c4c(c2)N2c5c(cc(C)cc5C5(C)CCCCC25C)B4c2cccc4c2N3C2(C)CCCCC42C)cc1. The van der Waals surface area contributed by atoms with Gasteiger partial charge >= 0.3 is 0 Å². The Morgan fingerprint density at radius 3 is 1.58 bits per heavy atom. The van der Waals surface area contributed by atoms with Crippen molar-refractivity contribution in [3.05, 3.63) is 119 Å². The second kappa shape index (κ2) is 10.4. The molecule has 2 fully saturated rings. The molecule has 3 nitrogen and oxygen atoms in total. The summed E-state index contributed by atoms with van der Waals surface area (Å²) in [5, 5.41) is 0. The summed E-state index contributed by atoms with van der Waals surface area (Å²) in [6, 6.07) is 36.1. The van der Waals surface area contributed by atoms with Gasteiger partial charge in [0.1, 0.15) is 0 Å². The lowest BCUT2D eigenvalue weighted by atomic mass is 9.33. The van der Waals surface area contributed by atoms with Gasteiger partial charge in [-0.3, -0.25) is 0 Å². The summed E-state index contributed by atoms with van der Waals surface area (Å²) in [7, 11) is 0. The minimum Gasteiger partial charge on any atom is -0.335 e. The molecule has 0 saturated heterocycles. The Balaban J connectivity index is 1.28. The van der Waals surface area contributed by atoms with Crippen molar-refractivity contribution in [1.29, 1.82) is 0 Å². The summed E-state index contributed by atoms with van der Waals surface area (Å²) in [4.78, 5) is 8.35. The van der Waals surface area contributed by atoms with Crippen LogP contribution in [0, 0.1) is 20.8 Å². The maximum Gasteiger partial charge on any atom is 0.252 e. The second-order valence-corrected chi connectivity index (χ2v) is 18.6. The molecule has 2 aliphatic carbocycles. The van der Waals surface area contributed by atoms with Gasteiger partial charge in [0, 0.05) is 45.0 Å². The smallest absolute Gasteiger partial charge is 0.252 e. The van der Waals surface area contributed by atoms with E-state index in [2.05, 4.69) is 154 Å². The Kier molecular flexibility index (Phi) is 6.29. The highest BCUT2D eigenvalue weighted by Gasteiger charge is 2.64. The molecule has 0 radical (unpaired) electrons. The first-order valence-corrected chi connectivity index (χ1v) is 20.5. The van der Waals surface area contributed by atoms with Crippen LogP contribution >= 0.6 is 0 Å². The van der Waals surface area contributed by atoms with Crippen LogP contribution in [0.1, 0.15) is 107 Å². The van der Waals surface area contributed by atoms with E-state index in [9.17, 15) is 0 Å². The molecule has 266 valence electrons. The molecule has 5 aromatic rings. The Labute approximate surface area is 317 Å². The zero-order valence-electron chi connectivity index (χ0n) is 32.7. The van der Waals surface area contributed by atoms with Crippen molar-refractivity contribution < 1.29 is 0 Å². The van der Waals surface area contributed by atoms with E-state index in [1.54, 1.807) is 11.1 Å². The molecule has 4 atom stereocenters. The number of fused-ring (bicyclic) bond motifs is 10. The van der Waals surface area contributed by atoms with Crippen molar-refractivity contribution in [3.8, 4) is 0 Å². The lowest BCUT2D eigenvalue weighted by Gasteiger charge is -2.55. The fourth-order valence-corrected chi connectivity index (χ4v) is 12.7. The number of aryl methyl sites for hydroxylation is 3. The molecule has 5 aromatic carbocycles. The molecule has 4 unspecified atom stereocenters. The molecule has 0 aromatic heterocycles. The van der Waals surface area contributed by atoms with Crippen LogP contribution in [-0.4, -0.2) is 17.8 Å². The molecule has 2 saturated carbocycles. The zero-order chi connectivity index (χ0) is 36.2. The predicted molar refractivity (Wildman–Crippen MR) is 226 cm³/mol. The first-order valence-electron chi connectivity index (χ1n) is 20.5. The highest BCUT2D eigenvalue weighted by molar-refractivity contribution is 7.00. The summed E-state index contributed by atoms with van der Waals surface area (Å²) in [6.07, 6.45) is 10.1. The molecule has 4 heteroatoms. The molecule has 11 rings (SSSR count). The molecule has 53 heavy (non-hydrogen) atoms. The molecular formula is C49H52BN3. The van der Waals surface area contributed by atoms with E-state index in [0.717, 1.165) is 0 Å². The van der Waals surface area contributed by atoms with Gasteiger partial charge < -0.3 is 14.7 Å².